The number of nitriles is 1. The Hall–Kier alpha value is -1.08. The van der Waals surface area contributed by atoms with Crippen molar-refractivity contribution in [1.82, 2.24) is 0 Å². The van der Waals surface area contributed by atoms with Crippen molar-refractivity contribution in [2.75, 3.05) is 13.2 Å². The molecule has 19 heavy (non-hydrogen) atoms. The summed E-state index contributed by atoms with van der Waals surface area (Å²) in [5, 5.41) is 9.42. The van der Waals surface area contributed by atoms with E-state index in [0.717, 1.165) is 37.9 Å². The molecule has 1 atom stereocenters. The number of nitrogens with zero attached hydrogens (tertiary/aromatic N) is 1. The first-order valence-corrected chi connectivity index (χ1v) is 7.09. The van der Waals surface area contributed by atoms with Crippen molar-refractivity contribution in [3.63, 3.8) is 0 Å². The van der Waals surface area contributed by atoms with E-state index in [0.29, 0.717) is 17.2 Å². The minimum atomic E-state index is -0.0198. The molecule has 0 N–H and O–H groups in total. The fraction of sp³-hybridized carbons (Fsp3) is 0.533. The van der Waals surface area contributed by atoms with E-state index >= 15 is 0 Å². The molecule has 1 saturated heterocycles. The fourth-order valence-electron chi connectivity index (χ4n) is 2.15. The Kier molecular flexibility index (Phi) is 5.65. The number of hydrogen-bond donors (Lipinski definition) is 0. The largest absolute Gasteiger partial charge is 0.353 e. The molecular weight excluding hydrogens is 262 g/mol. The molecule has 3 nitrogen and oxygen atoms in total. The molecule has 0 radical (unpaired) electrons. The average Bonchev–Trinajstić information content (AvgIpc) is 2.46. The minimum absolute atomic E-state index is 0.0198. The molecule has 1 fully saturated rings. The summed E-state index contributed by atoms with van der Waals surface area (Å²) in [6.07, 6.45) is 5.12. The van der Waals surface area contributed by atoms with Gasteiger partial charge in [0.25, 0.3) is 0 Å². The van der Waals surface area contributed by atoms with Crippen molar-refractivity contribution in [3.8, 4) is 6.07 Å². The smallest absolute Gasteiger partial charge is 0.157 e. The van der Waals surface area contributed by atoms with Gasteiger partial charge in [0.15, 0.2) is 6.29 Å². The van der Waals surface area contributed by atoms with Gasteiger partial charge in [-0.2, -0.15) is 5.26 Å². The maximum absolute atomic E-state index is 8.91. The summed E-state index contributed by atoms with van der Waals surface area (Å²) < 4.78 is 11.2. The number of ether oxygens (including phenoxy) is 2. The van der Waals surface area contributed by atoms with Crippen LogP contribution in [0.3, 0.4) is 0 Å². The van der Waals surface area contributed by atoms with Gasteiger partial charge < -0.3 is 9.47 Å². The van der Waals surface area contributed by atoms with Gasteiger partial charge in [0.1, 0.15) is 6.07 Å². The van der Waals surface area contributed by atoms with E-state index < -0.39 is 0 Å². The zero-order valence-corrected chi connectivity index (χ0v) is 11.7. The van der Waals surface area contributed by atoms with Gasteiger partial charge in [0.2, 0.25) is 0 Å². The fourth-order valence-corrected chi connectivity index (χ4v) is 2.31. The highest BCUT2D eigenvalue weighted by molar-refractivity contribution is 6.31. The Morgan fingerprint density at radius 3 is 3.05 bits per heavy atom. The lowest BCUT2D eigenvalue weighted by atomic mass is 10.1. The van der Waals surface area contributed by atoms with Crippen molar-refractivity contribution < 1.29 is 9.47 Å². The molecule has 1 aliphatic heterocycles. The van der Waals surface area contributed by atoms with Gasteiger partial charge in [-0.15, -0.1) is 0 Å². The van der Waals surface area contributed by atoms with Gasteiger partial charge in [0, 0.05) is 6.61 Å². The van der Waals surface area contributed by atoms with E-state index in [1.807, 2.05) is 12.1 Å². The number of benzene rings is 1. The van der Waals surface area contributed by atoms with Gasteiger partial charge in [-0.1, -0.05) is 17.7 Å². The highest BCUT2D eigenvalue weighted by Crippen LogP contribution is 2.18. The van der Waals surface area contributed by atoms with Crippen molar-refractivity contribution in [2.24, 2.45) is 0 Å². The Bertz CT molecular complexity index is 450. The Balaban J connectivity index is 1.72. The molecule has 1 aliphatic rings. The maximum atomic E-state index is 8.91. The van der Waals surface area contributed by atoms with Gasteiger partial charge in [-0.3, -0.25) is 0 Å². The third-order valence-corrected chi connectivity index (χ3v) is 3.53. The molecule has 1 aromatic rings. The second kappa shape index (κ2) is 7.49. The van der Waals surface area contributed by atoms with E-state index in [-0.39, 0.29) is 6.29 Å². The molecule has 1 aromatic carbocycles. The van der Waals surface area contributed by atoms with Crippen molar-refractivity contribution in [2.45, 2.75) is 38.4 Å². The molecule has 102 valence electrons. The molecule has 2 rings (SSSR count). The highest BCUT2D eigenvalue weighted by Gasteiger charge is 2.13. The third kappa shape index (κ3) is 4.50. The lowest BCUT2D eigenvalue weighted by molar-refractivity contribution is -0.162. The molecule has 0 amide bonds. The molecule has 0 aromatic heterocycles. The van der Waals surface area contributed by atoms with Crippen LogP contribution in [0.4, 0.5) is 0 Å². The summed E-state index contributed by atoms with van der Waals surface area (Å²) >= 11 is 5.90. The van der Waals surface area contributed by atoms with Gasteiger partial charge >= 0.3 is 0 Å². The van der Waals surface area contributed by atoms with Crippen LogP contribution in [-0.4, -0.2) is 19.5 Å². The van der Waals surface area contributed by atoms with E-state index in [1.54, 1.807) is 6.07 Å². The van der Waals surface area contributed by atoms with E-state index in [2.05, 4.69) is 6.07 Å². The lowest BCUT2D eigenvalue weighted by Crippen LogP contribution is -2.22. The highest BCUT2D eigenvalue weighted by atomic mass is 35.5. The lowest BCUT2D eigenvalue weighted by Gasteiger charge is -2.22. The third-order valence-electron chi connectivity index (χ3n) is 3.20. The molecule has 4 heteroatoms. The standard InChI is InChI=1S/C15H18ClNO2/c16-14-7-6-12(10-13(14)11-17)4-3-9-19-15-5-1-2-8-18-15/h6-7,10,15H,1-5,8-9H2. The Morgan fingerprint density at radius 2 is 2.32 bits per heavy atom. The van der Waals surface area contributed by atoms with Crippen molar-refractivity contribution in [1.29, 1.82) is 5.26 Å². The predicted octanol–water partition coefficient (Wildman–Crippen LogP) is 3.69. The molecule has 1 heterocycles. The summed E-state index contributed by atoms with van der Waals surface area (Å²) in [7, 11) is 0. The van der Waals surface area contributed by atoms with Crippen LogP contribution >= 0.6 is 11.6 Å². The number of aryl methyl sites for hydroxylation is 1. The Morgan fingerprint density at radius 1 is 1.42 bits per heavy atom. The topological polar surface area (TPSA) is 42.2 Å². The predicted molar refractivity (Wildman–Crippen MR) is 74.0 cm³/mol. The summed E-state index contributed by atoms with van der Waals surface area (Å²) in [6, 6.07) is 7.68. The molecule has 0 aliphatic carbocycles. The summed E-state index contributed by atoms with van der Waals surface area (Å²) in [6.45, 7) is 1.50. The molecule has 0 spiro atoms. The minimum Gasteiger partial charge on any atom is -0.353 e. The molecule has 0 saturated carbocycles. The normalized spacial score (nSPS) is 19.1. The first-order valence-electron chi connectivity index (χ1n) is 6.71. The van der Waals surface area contributed by atoms with Crippen LogP contribution in [0.2, 0.25) is 5.02 Å². The zero-order valence-electron chi connectivity index (χ0n) is 10.9. The van der Waals surface area contributed by atoms with Crippen molar-refractivity contribution >= 4 is 11.6 Å². The monoisotopic (exact) mass is 279 g/mol. The second-order valence-electron chi connectivity index (χ2n) is 4.70. The SMILES string of the molecule is N#Cc1cc(CCCOC2CCCCO2)ccc1Cl. The van der Waals surface area contributed by atoms with Crippen molar-refractivity contribution in [3.05, 3.63) is 34.3 Å². The Labute approximate surface area is 119 Å². The van der Waals surface area contributed by atoms with Crippen LogP contribution in [0.25, 0.3) is 0 Å². The van der Waals surface area contributed by atoms with Gasteiger partial charge in [0.05, 0.1) is 17.2 Å². The van der Waals surface area contributed by atoms with Crippen LogP contribution in [0, 0.1) is 11.3 Å². The summed E-state index contributed by atoms with van der Waals surface area (Å²) in [5.41, 5.74) is 1.66. The van der Waals surface area contributed by atoms with Crippen LogP contribution in [0.5, 0.6) is 0 Å². The van der Waals surface area contributed by atoms with Crippen LogP contribution < -0.4 is 0 Å². The summed E-state index contributed by atoms with van der Waals surface area (Å²) in [4.78, 5) is 0. The summed E-state index contributed by atoms with van der Waals surface area (Å²) in [5.74, 6) is 0. The first-order chi connectivity index (χ1) is 9.29. The van der Waals surface area contributed by atoms with Crippen LogP contribution in [-0.2, 0) is 15.9 Å². The maximum Gasteiger partial charge on any atom is 0.157 e. The number of rotatable bonds is 5. The van der Waals surface area contributed by atoms with E-state index in [9.17, 15) is 0 Å². The first kappa shape index (κ1) is 14.3. The molecule has 0 bridgehead atoms. The number of hydrogen-bond acceptors (Lipinski definition) is 3. The quantitative estimate of drug-likeness (QED) is 0.772. The van der Waals surface area contributed by atoms with E-state index in [1.165, 1.54) is 6.42 Å². The molecular formula is C15H18ClNO2. The second-order valence-corrected chi connectivity index (χ2v) is 5.10. The van der Waals surface area contributed by atoms with Crippen LogP contribution in [0.1, 0.15) is 36.8 Å². The molecule has 1 unspecified atom stereocenters. The number of halogens is 1. The average molecular weight is 280 g/mol. The zero-order chi connectivity index (χ0) is 13.5. The van der Waals surface area contributed by atoms with Gasteiger partial charge in [-0.05, 0) is 49.8 Å². The van der Waals surface area contributed by atoms with E-state index in [4.69, 9.17) is 26.3 Å². The van der Waals surface area contributed by atoms with Gasteiger partial charge in [-0.25, -0.2) is 0 Å². The van der Waals surface area contributed by atoms with Crippen LogP contribution in [0.15, 0.2) is 18.2 Å².